The molecule has 1 aromatic heterocycles. The molecule has 7 nitrogen and oxygen atoms in total. The van der Waals surface area contributed by atoms with Crippen molar-refractivity contribution < 1.29 is 19.0 Å². The third-order valence-electron chi connectivity index (χ3n) is 8.46. The van der Waals surface area contributed by atoms with Crippen LogP contribution in [0, 0.1) is 0 Å². The summed E-state index contributed by atoms with van der Waals surface area (Å²) in [6.07, 6.45) is 2.56. The van der Waals surface area contributed by atoms with Crippen molar-refractivity contribution in [1.82, 2.24) is 14.8 Å². The van der Waals surface area contributed by atoms with Crippen LogP contribution in [0.3, 0.4) is 0 Å². The standard InChI is InChI=1S/C38H41N3O4/c1-43-32-16-14-29(15-17-32)26-41-27-36(34-12-5-6-13-37(34)41)35(25-38(42)39-18-19-40-20-22-44-23-21-40)31-10-7-11-33(24-31)45-28-30-8-3-2-4-9-30/h2-17,24,27,35H,18-23,25-26,28H2,1H3,(H,39,42). The summed E-state index contributed by atoms with van der Waals surface area (Å²) in [5.74, 6) is 1.51. The zero-order chi connectivity index (χ0) is 30.8. The fourth-order valence-electron chi connectivity index (χ4n) is 6.02. The molecular formula is C38H41N3O4. The molecule has 0 radical (unpaired) electrons. The highest BCUT2D eigenvalue weighted by atomic mass is 16.5. The van der Waals surface area contributed by atoms with Gasteiger partial charge in [-0.25, -0.2) is 0 Å². The van der Waals surface area contributed by atoms with Crippen LogP contribution >= 0.6 is 0 Å². The van der Waals surface area contributed by atoms with Crippen LogP contribution in [0.25, 0.3) is 10.9 Å². The first-order chi connectivity index (χ1) is 22.2. The van der Waals surface area contributed by atoms with E-state index in [1.165, 1.54) is 5.56 Å². The Labute approximate surface area is 265 Å². The normalized spacial score (nSPS) is 14.2. The van der Waals surface area contributed by atoms with E-state index in [2.05, 4.69) is 81.6 Å². The van der Waals surface area contributed by atoms with Crippen LogP contribution in [0.2, 0.25) is 0 Å². The topological polar surface area (TPSA) is 65.0 Å². The Morgan fingerprint density at radius 2 is 1.64 bits per heavy atom. The second-order valence-corrected chi connectivity index (χ2v) is 11.5. The van der Waals surface area contributed by atoms with Crippen LogP contribution in [-0.2, 0) is 22.7 Å². The smallest absolute Gasteiger partial charge is 0.220 e. The van der Waals surface area contributed by atoms with E-state index >= 15 is 0 Å². The molecule has 5 aromatic rings. The first-order valence-corrected chi connectivity index (χ1v) is 15.7. The van der Waals surface area contributed by atoms with E-state index < -0.39 is 0 Å². The van der Waals surface area contributed by atoms with Gasteiger partial charge in [-0.1, -0.05) is 72.8 Å². The largest absolute Gasteiger partial charge is 0.497 e. The van der Waals surface area contributed by atoms with Crippen LogP contribution in [0.1, 0.15) is 34.6 Å². The molecule has 1 atom stereocenters. The third-order valence-corrected chi connectivity index (χ3v) is 8.46. The molecule has 0 aliphatic carbocycles. The number of hydrogen-bond donors (Lipinski definition) is 1. The number of hydrogen-bond acceptors (Lipinski definition) is 5. The zero-order valence-electron chi connectivity index (χ0n) is 25.9. The third kappa shape index (κ3) is 7.93. The number of amides is 1. The molecule has 4 aromatic carbocycles. The van der Waals surface area contributed by atoms with Gasteiger partial charge in [0.2, 0.25) is 5.91 Å². The van der Waals surface area contributed by atoms with Crippen LogP contribution in [0.4, 0.5) is 0 Å². The Balaban J connectivity index is 1.28. The van der Waals surface area contributed by atoms with Crippen molar-refractivity contribution in [3.05, 3.63) is 132 Å². The van der Waals surface area contributed by atoms with Gasteiger partial charge in [0.05, 0.1) is 20.3 Å². The molecule has 1 fully saturated rings. The van der Waals surface area contributed by atoms with Gasteiger partial charge in [0.15, 0.2) is 0 Å². The Morgan fingerprint density at radius 3 is 2.44 bits per heavy atom. The summed E-state index contributed by atoms with van der Waals surface area (Å²) in [4.78, 5) is 15.9. The minimum atomic E-state index is -0.157. The molecule has 1 aliphatic rings. The van der Waals surface area contributed by atoms with E-state index in [1.807, 2.05) is 42.5 Å². The molecule has 1 N–H and O–H groups in total. The minimum absolute atomic E-state index is 0.0378. The predicted octanol–water partition coefficient (Wildman–Crippen LogP) is 6.25. The summed E-state index contributed by atoms with van der Waals surface area (Å²) < 4.78 is 19.3. The van der Waals surface area contributed by atoms with E-state index in [0.29, 0.717) is 26.1 Å². The first kappa shape index (κ1) is 30.4. The Morgan fingerprint density at radius 1 is 0.867 bits per heavy atom. The molecule has 1 amide bonds. The molecular weight excluding hydrogens is 562 g/mol. The van der Waals surface area contributed by atoms with E-state index in [9.17, 15) is 4.79 Å². The number of morpholine rings is 1. The van der Waals surface area contributed by atoms with Gasteiger partial charge in [0.1, 0.15) is 18.1 Å². The molecule has 1 saturated heterocycles. The number of nitrogens with one attached hydrogen (secondary N) is 1. The van der Waals surface area contributed by atoms with Gasteiger partial charge in [0, 0.05) is 62.2 Å². The number of aromatic nitrogens is 1. The number of rotatable bonds is 13. The van der Waals surface area contributed by atoms with Crippen molar-refractivity contribution in [3.8, 4) is 11.5 Å². The number of benzene rings is 4. The maximum absolute atomic E-state index is 13.5. The molecule has 6 rings (SSSR count). The van der Waals surface area contributed by atoms with Crippen LogP contribution in [-0.4, -0.2) is 61.9 Å². The number of carbonyl (C=O) groups excluding carboxylic acids is 1. The van der Waals surface area contributed by atoms with Gasteiger partial charge in [-0.05, 0) is 52.6 Å². The maximum atomic E-state index is 13.5. The van der Waals surface area contributed by atoms with Crippen molar-refractivity contribution in [3.63, 3.8) is 0 Å². The van der Waals surface area contributed by atoms with Gasteiger partial charge >= 0.3 is 0 Å². The summed E-state index contributed by atoms with van der Waals surface area (Å²) >= 11 is 0. The second kappa shape index (κ2) is 14.9. The lowest BCUT2D eigenvalue weighted by Gasteiger charge is -2.26. The lowest BCUT2D eigenvalue weighted by Crippen LogP contribution is -2.41. The zero-order valence-corrected chi connectivity index (χ0v) is 25.9. The molecule has 1 aliphatic heterocycles. The molecule has 232 valence electrons. The quantitative estimate of drug-likeness (QED) is 0.172. The lowest BCUT2D eigenvalue weighted by atomic mass is 9.88. The maximum Gasteiger partial charge on any atom is 0.220 e. The van der Waals surface area contributed by atoms with Crippen LogP contribution in [0.5, 0.6) is 11.5 Å². The van der Waals surface area contributed by atoms with Crippen molar-refractivity contribution in [2.24, 2.45) is 0 Å². The van der Waals surface area contributed by atoms with E-state index in [1.54, 1.807) is 7.11 Å². The van der Waals surface area contributed by atoms with Crippen molar-refractivity contribution >= 4 is 16.8 Å². The van der Waals surface area contributed by atoms with Crippen molar-refractivity contribution in [1.29, 1.82) is 0 Å². The first-order valence-electron chi connectivity index (χ1n) is 15.7. The molecule has 45 heavy (non-hydrogen) atoms. The second-order valence-electron chi connectivity index (χ2n) is 11.5. The summed E-state index contributed by atoms with van der Waals surface area (Å²) in [5, 5.41) is 4.34. The molecule has 1 unspecified atom stereocenters. The van der Waals surface area contributed by atoms with Gasteiger partial charge in [-0.3, -0.25) is 9.69 Å². The van der Waals surface area contributed by atoms with Gasteiger partial charge in [0.25, 0.3) is 0 Å². The fourth-order valence-corrected chi connectivity index (χ4v) is 6.02. The van der Waals surface area contributed by atoms with Crippen LogP contribution < -0.4 is 14.8 Å². The lowest BCUT2D eigenvalue weighted by molar-refractivity contribution is -0.121. The van der Waals surface area contributed by atoms with E-state index in [0.717, 1.165) is 71.9 Å². The number of methoxy groups -OCH3 is 1. The number of para-hydroxylation sites is 1. The minimum Gasteiger partial charge on any atom is -0.497 e. The van der Waals surface area contributed by atoms with Crippen molar-refractivity contribution in [2.75, 3.05) is 46.5 Å². The van der Waals surface area contributed by atoms with Gasteiger partial charge in [-0.2, -0.15) is 0 Å². The summed E-state index contributed by atoms with van der Waals surface area (Å²) in [5.41, 5.74) is 5.61. The predicted molar refractivity (Wildman–Crippen MR) is 178 cm³/mol. The number of nitrogens with zero attached hydrogens (tertiary/aromatic N) is 2. The highest BCUT2D eigenvalue weighted by molar-refractivity contribution is 5.87. The molecule has 7 heteroatoms. The Kier molecular flexibility index (Phi) is 10.1. The molecule has 0 spiro atoms. The SMILES string of the molecule is COc1ccc(Cn2cc(C(CC(=O)NCCN3CCOCC3)c3cccc(OCc4ccccc4)c3)c3ccccc32)cc1. The highest BCUT2D eigenvalue weighted by Crippen LogP contribution is 2.36. The van der Waals surface area contributed by atoms with Crippen LogP contribution in [0.15, 0.2) is 109 Å². The van der Waals surface area contributed by atoms with Crippen molar-refractivity contribution in [2.45, 2.75) is 25.5 Å². The number of fused-ring (bicyclic) bond motifs is 1. The van der Waals surface area contributed by atoms with E-state index in [4.69, 9.17) is 14.2 Å². The Hall–Kier alpha value is -4.59. The average molecular weight is 604 g/mol. The number of ether oxygens (including phenoxy) is 3. The highest BCUT2D eigenvalue weighted by Gasteiger charge is 2.24. The molecule has 2 heterocycles. The van der Waals surface area contributed by atoms with Gasteiger partial charge < -0.3 is 24.1 Å². The molecule has 0 saturated carbocycles. The summed E-state index contributed by atoms with van der Waals surface area (Å²) in [6.45, 7) is 5.94. The summed E-state index contributed by atoms with van der Waals surface area (Å²) in [6, 6.07) is 35.0. The summed E-state index contributed by atoms with van der Waals surface area (Å²) in [7, 11) is 1.68. The monoisotopic (exact) mass is 603 g/mol. The van der Waals surface area contributed by atoms with Gasteiger partial charge in [-0.15, -0.1) is 0 Å². The average Bonchev–Trinajstić information content (AvgIpc) is 3.45. The number of carbonyl (C=O) groups is 1. The fraction of sp³-hybridized carbons (Fsp3) is 0.289. The Bertz CT molecular complexity index is 1680. The van der Waals surface area contributed by atoms with E-state index in [-0.39, 0.29) is 11.8 Å². The molecule has 0 bridgehead atoms.